The zero-order valence-corrected chi connectivity index (χ0v) is 8.90. The Hall–Kier alpha value is -3.19. The van der Waals surface area contributed by atoms with Gasteiger partial charge in [-0.05, 0) is 12.1 Å². The molecule has 0 amide bonds. The van der Waals surface area contributed by atoms with Gasteiger partial charge >= 0.3 is 5.97 Å². The highest BCUT2D eigenvalue weighted by Gasteiger charge is 2.12. The highest BCUT2D eigenvalue weighted by Crippen LogP contribution is 2.12. The van der Waals surface area contributed by atoms with Crippen molar-refractivity contribution < 1.29 is 9.90 Å². The molecule has 0 aliphatic heterocycles. The van der Waals surface area contributed by atoms with Crippen molar-refractivity contribution in [3.8, 4) is 18.0 Å². The molecular formula is C11H5N5O2. The molecule has 0 atom stereocenters. The van der Waals surface area contributed by atoms with Gasteiger partial charge in [0.05, 0.1) is 5.56 Å². The summed E-state index contributed by atoms with van der Waals surface area (Å²) in [6, 6.07) is 6.44. The average Bonchev–Trinajstić information content (AvgIpc) is 2.81. The Balaban J connectivity index is 2.51. The van der Waals surface area contributed by atoms with Gasteiger partial charge in [-0.3, -0.25) is 4.57 Å². The number of carbonyl (C=O) groups is 1. The minimum absolute atomic E-state index is 0.00149. The van der Waals surface area contributed by atoms with Gasteiger partial charge in [-0.25, -0.2) is 14.8 Å². The standard InChI is InChI=1S/C11H5N5O2/c12-3-8-9(4-13)16(6-15-8)10-2-1-7(5-14-10)11(17)18/h1-2,5-6H,(H,17,18). The van der Waals surface area contributed by atoms with E-state index >= 15 is 0 Å². The van der Waals surface area contributed by atoms with Crippen LogP contribution in [0.1, 0.15) is 21.7 Å². The van der Waals surface area contributed by atoms with Crippen molar-refractivity contribution in [1.82, 2.24) is 14.5 Å². The zero-order chi connectivity index (χ0) is 13.1. The average molecular weight is 239 g/mol. The van der Waals surface area contributed by atoms with E-state index in [1.165, 1.54) is 29.2 Å². The third-order valence-corrected chi connectivity index (χ3v) is 2.22. The van der Waals surface area contributed by atoms with Crippen molar-refractivity contribution in [2.45, 2.75) is 0 Å². The molecule has 18 heavy (non-hydrogen) atoms. The summed E-state index contributed by atoms with van der Waals surface area (Å²) in [6.07, 6.45) is 2.46. The molecule has 0 aliphatic rings. The first-order valence-corrected chi connectivity index (χ1v) is 4.74. The SMILES string of the molecule is N#Cc1ncn(-c2ccc(C(=O)O)cn2)c1C#N. The molecule has 0 spiro atoms. The Kier molecular flexibility index (Phi) is 2.73. The first kappa shape index (κ1) is 11.3. The van der Waals surface area contributed by atoms with Crippen LogP contribution in [0.2, 0.25) is 0 Å². The van der Waals surface area contributed by atoms with Crippen LogP contribution in [0.4, 0.5) is 0 Å². The van der Waals surface area contributed by atoms with Crippen LogP contribution in [0.5, 0.6) is 0 Å². The lowest BCUT2D eigenvalue weighted by Gasteiger charge is -2.02. The number of carboxylic acid groups (broad SMARTS) is 1. The van der Waals surface area contributed by atoms with Crippen LogP contribution in [0.25, 0.3) is 5.82 Å². The van der Waals surface area contributed by atoms with E-state index in [0.717, 1.165) is 0 Å². The number of aromatic carboxylic acids is 1. The molecule has 1 N–H and O–H groups in total. The molecule has 0 fully saturated rings. The quantitative estimate of drug-likeness (QED) is 0.824. The molecule has 0 bridgehead atoms. The molecular weight excluding hydrogens is 234 g/mol. The number of aromatic nitrogens is 3. The lowest BCUT2D eigenvalue weighted by Crippen LogP contribution is -2.02. The van der Waals surface area contributed by atoms with Crippen molar-refractivity contribution in [2.24, 2.45) is 0 Å². The van der Waals surface area contributed by atoms with Crippen molar-refractivity contribution >= 4 is 5.97 Å². The topological polar surface area (TPSA) is 116 Å². The molecule has 0 saturated heterocycles. The van der Waals surface area contributed by atoms with Gasteiger partial charge in [-0.2, -0.15) is 10.5 Å². The molecule has 0 saturated carbocycles. The van der Waals surface area contributed by atoms with E-state index in [2.05, 4.69) is 9.97 Å². The van der Waals surface area contributed by atoms with Crippen molar-refractivity contribution in [3.05, 3.63) is 41.6 Å². The summed E-state index contributed by atoms with van der Waals surface area (Å²) < 4.78 is 1.32. The number of imidazole rings is 1. The summed E-state index contributed by atoms with van der Waals surface area (Å²) >= 11 is 0. The van der Waals surface area contributed by atoms with Crippen LogP contribution in [0.15, 0.2) is 24.7 Å². The lowest BCUT2D eigenvalue weighted by atomic mass is 10.3. The maximum atomic E-state index is 10.7. The second kappa shape index (κ2) is 4.36. The molecule has 2 aromatic rings. The normalized spacial score (nSPS) is 9.44. The summed E-state index contributed by atoms with van der Waals surface area (Å²) in [4.78, 5) is 18.3. The summed E-state index contributed by atoms with van der Waals surface area (Å²) in [5.41, 5.74) is 0.104. The van der Waals surface area contributed by atoms with E-state index in [9.17, 15) is 4.79 Å². The van der Waals surface area contributed by atoms with Gasteiger partial charge in [-0.1, -0.05) is 0 Å². The van der Waals surface area contributed by atoms with Gasteiger partial charge < -0.3 is 5.11 Å². The van der Waals surface area contributed by atoms with Crippen LogP contribution in [0, 0.1) is 22.7 Å². The number of hydrogen-bond donors (Lipinski definition) is 1. The Bertz CT molecular complexity index is 688. The zero-order valence-electron chi connectivity index (χ0n) is 8.90. The summed E-state index contributed by atoms with van der Waals surface area (Å²) in [5, 5.41) is 26.4. The van der Waals surface area contributed by atoms with E-state index in [-0.39, 0.29) is 17.0 Å². The Morgan fingerprint density at radius 1 is 1.28 bits per heavy atom. The molecule has 2 aromatic heterocycles. The molecule has 2 rings (SSSR count). The monoisotopic (exact) mass is 239 g/mol. The number of rotatable bonds is 2. The molecule has 7 heteroatoms. The minimum Gasteiger partial charge on any atom is -0.478 e. The first-order valence-electron chi connectivity index (χ1n) is 4.74. The highest BCUT2D eigenvalue weighted by atomic mass is 16.4. The predicted molar refractivity (Wildman–Crippen MR) is 57.7 cm³/mol. The fourth-order valence-corrected chi connectivity index (χ4v) is 1.37. The van der Waals surface area contributed by atoms with Gasteiger partial charge in [0.2, 0.25) is 0 Å². The third kappa shape index (κ3) is 1.77. The maximum Gasteiger partial charge on any atom is 0.337 e. The fourth-order valence-electron chi connectivity index (χ4n) is 1.37. The highest BCUT2D eigenvalue weighted by molar-refractivity contribution is 5.87. The third-order valence-electron chi connectivity index (χ3n) is 2.22. The van der Waals surface area contributed by atoms with Gasteiger partial charge in [0.25, 0.3) is 0 Å². The number of carboxylic acids is 1. The lowest BCUT2D eigenvalue weighted by molar-refractivity contribution is 0.0696. The molecule has 0 radical (unpaired) electrons. The van der Waals surface area contributed by atoms with E-state index in [1.807, 2.05) is 6.07 Å². The van der Waals surface area contributed by atoms with Gasteiger partial charge in [0.15, 0.2) is 11.4 Å². The molecule has 7 nitrogen and oxygen atoms in total. The van der Waals surface area contributed by atoms with Crippen LogP contribution in [-0.4, -0.2) is 25.6 Å². The molecule has 0 aromatic carbocycles. The van der Waals surface area contributed by atoms with Crippen LogP contribution >= 0.6 is 0 Å². The van der Waals surface area contributed by atoms with Crippen LogP contribution in [-0.2, 0) is 0 Å². The van der Waals surface area contributed by atoms with E-state index < -0.39 is 5.97 Å². The number of nitriles is 2. The first-order chi connectivity index (χ1) is 8.67. The smallest absolute Gasteiger partial charge is 0.337 e. The summed E-state index contributed by atoms with van der Waals surface area (Å²) in [5.74, 6) is -0.761. The molecule has 86 valence electrons. The number of pyridine rings is 1. The molecule has 2 heterocycles. The Labute approximate surface area is 101 Å². The second-order valence-corrected chi connectivity index (χ2v) is 3.25. The van der Waals surface area contributed by atoms with E-state index in [4.69, 9.17) is 15.6 Å². The fraction of sp³-hybridized carbons (Fsp3) is 0. The van der Waals surface area contributed by atoms with E-state index in [1.54, 1.807) is 6.07 Å². The number of nitrogens with zero attached hydrogens (tertiary/aromatic N) is 5. The van der Waals surface area contributed by atoms with E-state index in [0.29, 0.717) is 5.82 Å². The largest absolute Gasteiger partial charge is 0.478 e. The maximum absolute atomic E-state index is 10.7. The van der Waals surface area contributed by atoms with Gasteiger partial charge in [0, 0.05) is 6.20 Å². The van der Waals surface area contributed by atoms with Crippen LogP contribution in [0.3, 0.4) is 0 Å². The van der Waals surface area contributed by atoms with Crippen molar-refractivity contribution in [2.75, 3.05) is 0 Å². The second-order valence-electron chi connectivity index (χ2n) is 3.25. The number of hydrogen-bond acceptors (Lipinski definition) is 5. The molecule has 0 aliphatic carbocycles. The summed E-state index contributed by atoms with van der Waals surface area (Å²) in [6.45, 7) is 0. The van der Waals surface area contributed by atoms with Gasteiger partial charge in [0.1, 0.15) is 24.3 Å². The van der Waals surface area contributed by atoms with Crippen LogP contribution < -0.4 is 0 Å². The Morgan fingerprint density at radius 3 is 2.56 bits per heavy atom. The molecule has 0 unspecified atom stereocenters. The van der Waals surface area contributed by atoms with Crippen molar-refractivity contribution in [1.29, 1.82) is 10.5 Å². The summed E-state index contributed by atoms with van der Waals surface area (Å²) in [7, 11) is 0. The van der Waals surface area contributed by atoms with Gasteiger partial charge in [-0.15, -0.1) is 0 Å². The minimum atomic E-state index is -1.09. The van der Waals surface area contributed by atoms with Crippen molar-refractivity contribution in [3.63, 3.8) is 0 Å². The predicted octanol–water partition coefficient (Wildman–Crippen LogP) is 0.709. The Morgan fingerprint density at radius 2 is 2.06 bits per heavy atom.